The van der Waals surface area contributed by atoms with Crippen molar-refractivity contribution in [3.63, 3.8) is 0 Å². The van der Waals surface area contributed by atoms with Gasteiger partial charge in [0.15, 0.2) is 17.3 Å². The van der Waals surface area contributed by atoms with Crippen LogP contribution in [0.2, 0.25) is 5.02 Å². The molecule has 1 aromatic heterocycles. The molecule has 0 saturated carbocycles. The van der Waals surface area contributed by atoms with Crippen LogP contribution in [-0.4, -0.2) is 23.7 Å². The number of nitrogens with zero attached hydrogens (tertiary/aromatic N) is 2. The first-order valence-electron chi connectivity index (χ1n) is 6.13. The van der Waals surface area contributed by atoms with Crippen LogP contribution in [0.5, 0.6) is 11.5 Å². The highest BCUT2D eigenvalue weighted by atomic mass is 35.5. The Labute approximate surface area is 130 Å². The van der Waals surface area contributed by atoms with Gasteiger partial charge < -0.3 is 20.5 Å². The Bertz CT molecular complexity index is 658. The van der Waals surface area contributed by atoms with E-state index in [0.29, 0.717) is 11.4 Å². The Morgan fingerprint density at radius 2 is 2.09 bits per heavy atom. The summed E-state index contributed by atoms with van der Waals surface area (Å²) < 4.78 is 34.1. The molecular formula is C13H13ClF2N4O2. The van der Waals surface area contributed by atoms with Gasteiger partial charge in [0, 0.05) is 6.54 Å². The lowest BCUT2D eigenvalue weighted by Crippen LogP contribution is -2.07. The standard InChI is InChI=1S/C13H13ClF2N4O2/c1-21-8-3-2-7(4-9(8)22-13(15)16)5-18-12-10(14)11(17)19-6-20-12/h2-4,6,13H,5H2,1H3,(H3,17,18,19,20). The van der Waals surface area contributed by atoms with Gasteiger partial charge in [0.1, 0.15) is 17.2 Å². The molecule has 118 valence electrons. The molecule has 0 bridgehead atoms. The lowest BCUT2D eigenvalue weighted by Gasteiger charge is -2.12. The molecule has 2 aromatic rings. The number of hydrogen-bond acceptors (Lipinski definition) is 6. The number of hydrogen-bond donors (Lipinski definition) is 2. The van der Waals surface area contributed by atoms with E-state index in [1.807, 2.05) is 0 Å². The van der Waals surface area contributed by atoms with Crippen LogP contribution in [0.15, 0.2) is 24.5 Å². The molecular weight excluding hydrogens is 318 g/mol. The van der Waals surface area contributed by atoms with E-state index in [-0.39, 0.29) is 28.9 Å². The summed E-state index contributed by atoms with van der Waals surface area (Å²) in [5.41, 5.74) is 6.23. The zero-order valence-electron chi connectivity index (χ0n) is 11.5. The molecule has 0 atom stereocenters. The van der Waals surface area contributed by atoms with Crippen LogP contribution in [0.4, 0.5) is 20.4 Å². The third-order valence-corrected chi connectivity index (χ3v) is 3.09. The molecule has 1 heterocycles. The third kappa shape index (κ3) is 3.85. The number of ether oxygens (including phenoxy) is 2. The zero-order chi connectivity index (χ0) is 16.1. The number of methoxy groups -OCH3 is 1. The highest BCUT2D eigenvalue weighted by molar-refractivity contribution is 6.35. The van der Waals surface area contributed by atoms with Crippen LogP contribution >= 0.6 is 11.6 Å². The molecule has 0 unspecified atom stereocenters. The number of nitrogens with two attached hydrogens (primary N) is 1. The average Bonchev–Trinajstić information content (AvgIpc) is 2.48. The van der Waals surface area contributed by atoms with Crippen LogP contribution in [0.1, 0.15) is 5.56 Å². The van der Waals surface area contributed by atoms with Crippen LogP contribution in [0.25, 0.3) is 0 Å². The van der Waals surface area contributed by atoms with Gasteiger partial charge in [-0.1, -0.05) is 17.7 Å². The number of alkyl halides is 2. The summed E-state index contributed by atoms with van der Waals surface area (Å²) in [6, 6.07) is 4.67. The van der Waals surface area contributed by atoms with E-state index < -0.39 is 6.61 Å². The van der Waals surface area contributed by atoms with Crippen molar-refractivity contribution >= 4 is 23.2 Å². The normalized spacial score (nSPS) is 10.6. The molecule has 22 heavy (non-hydrogen) atoms. The van der Waals surface area contributed by atoms with Crippen LogP contribution < -0.4 is 20.5 Å². The van der Waals surface area contributed by atoms with Crippen molar-refractivity contribution in [1.82, 2.24) is 9.97 Å². The summed E-state index contributed by atoms with van der Waals surface area (Å²) in [6.07, 6.45) is 1.27. The molecule has 0 saturated heterocycles. The van der Waals surface area contributed by atoms with Crippen molar-refractivity contribution in [3.8, 4) is 11.5 Å². The minimum Gasteiger partial charge on any atom is -0.493 e. The van der Waals surface area contributed by atoms with E-state index in [0.717, 1.165) is 0 Å². The summed E-state index contributed by atoms with van der Waals surface area (Å²) in [6.45, 7) is -2.66. The maximum absolute atomic E-state index is 12.4. The minimum absolute atomic E-state index is 0.0508. The largest absolute Gasteiger partial charge is 0.493 e. The Balaban J connectivity index is 2.14. The molecule has 9 heteroatoms. The Hall–Kier alpha value is -2.35. The summed E-state index contributed by atoms with van der Waals surface area (Å²) in [5, 5.41) is 3.14. The predicted molar refractivity (Wildman–Crippen MR) is 78.4 cm³/mol. The van der Waals surface area contributed by atoms with Gasteiger partial charge in [-0.3, -0.25) is 0 Å². The Kier molecular flexibility index (Phi) is 5.16. The van der Waals surface area contributed by atoms with Gasteiger partial charge in [-0.25, -0.2) is 9.97 Å². The van der Waals surface area contributed by atoms with Gasteiger partial charge in [-0.05, 0) is 17.7 Å². The maximum atomic E-state index is 12.4. The number of anilines is 2. The molecule has 0 fully saturated rings. The van der Waals surface area contributed by atoms with E-state index in [1.165, 1.54) is 25.6 Å². The highest BCUT2D eigenvalue weighted by Crippen LogP contribution is 2.30. The quantitative estimate of drug-likeness (QED) is 0.847. The van der Waals surface area contributed by atoms with E-state index in [9.17, 15) is 8.78 Å². The third-order valence-electron chi connectivity index (χ3n) is 2.72. The van der Waals surface area contributed by atoms with Gasteiger partial charge >= 0.3 is 6.61 Å². The summed E-state index contributed by atoms with van der Waals surface area (Å²) >= 11 is 5.95. The average molecular weight is 331 g/mol. The minimum atomic E-state index is -2.94. The second-order valence-corrected chi connectivity index (χ2v) is 4.52. The lowest BCUT2D eigenvalue weighted by molar-refractivity contribution is -0.0512. The molecule has 0 aliphatic heterocycles. The molecule has 2 rings (SSSR count). The van der Waals surface area contributed by atoms with Crippen molar-refractivity contribution in [3.05, 3.63) is 35.1 Å². The first-order valence-corrected chi connectivity index (χ1v) is 6.50. The second kappa shape index (κ2) is 7.08. The van der Waals surface area contributed by atoms with Gasteiger partial charge in [0.2, 0.25) is 0 Å². The summed E-state index contributed by atoms with van der Waals surface area (Å²) in [5.74, 6) is 0.662. The number of rotatable bonds is 6. The molecule has 0 spiro atoms. The molecule has 0 radical (unpaired) electrons. The zero-order valence-corrected chi connectivity index (χ0v) is 12.3. The van der Waals surface area contributed by atoms with Crippen molar-refractivity contribution in [1.29, 1.82) is 0 Å². The lowest BCUT2D eigenvalue weighted by atomic mass is 10.2. The van der Waals surface area contributed by atoms with E-state index in [4.69, 9.17) is 22.1 Å². The van der Waals surface area contributed by atoms with Gasteiger partial charge in [-0.2, -0.15) is 8.78 Å². The van der Waals surface area contributed by atoms with E-state index >= 15 is 0 Å². The highest BCUT2D eigenvalue weighted by Gasteiger charge is 2.12. The van der Waals surface area contributed by atoms with Crippen LogP contribution in [0.3, 0.4) is 0 Å². The van der Waals surface area contributed by atoms with Gasteiger partial charge in [0.05, 0.1) is 7.11 Å². The number of benzene rings is 1. The van der Waals surface area contributed by atoms with E-state index in [1.54, 1.807) is 6.07 Å². The Morgan fingerprint density at radius 1 is 1.32 bits per heavy atom. The maximum Gasteiger partial charge on any atom is 0.387 e. The van der Waals surface area contributed by atoms with E-state index in [2.05, 4.69) is 20.0 Å². The van der Waals surface area contributed by atoms with Crippen molar-refractivity contribution < 1.29 is 18.3 Å². The summed E-state index contributed by atoms with van der Waals surface area (Å²) in [7, 11) is 1.37. The smallest absolute Gasteiger partial charge is 0.387 e. The number of aromatic nitrogens is 2. The molecule has 6 nitrogen and oxygen atoms in total. The van der Waals surface area contributed by atoms with Crippen molar-refractivity contribution in [2.45, 2.75) is 13.2 Å². The van der Waals surface area contributed by atoms with Gasteiger partial charge in [0.25, 0.3) is 0 Å². The Morgan fingerprint density at radius 3 is 2.77 bits per heavy atom. The first-order chi connectivity index (χ1) is 10.5. The predicted octanol–water partition coefficient (Wildman–Crippen LogP) is 2.93. The fourth-order valence-electron chi connectivity index (χ4n) is 1.71. The fraction of sp³-hybridized carbons (Fsp3) is 0.231. The van der Waals surface area contributed by atoms with Crippen molar-refractivity contribution in [2.24, 2.45) is 0 Å². The summed E-state index contributed by atoms with van der Waals surface area (Å²) in [4.78, 5) is 7.69. The van der Waals surface area contributed by atoms with Crippen LogP contribution in [-0.2, 0) is 6.54 Å². The van der Waals surface area contributed by atoms with Gasteiger partial charge in [-0.15, -0.1) is 0 Å². The monoisotopic (exact) mass is 330 g/mol. The first kappa shape index (κ1) is 16.0. The van der Waals surface area contributed by atoms with Crippen molar-refractivity contribution in [2.75, 3.05) is 18.2 Å². The van der Waals surface area contributed by atoms with Crippen LogP contribution in [0, 0.1) is 0 Å². The topological polar surface area (TPSA) is 82.3 Å². The fourth-order valence-corrected chi connectivity index (χ4v) is 1.88. The number of nitrogen functional groups attached to an aromatic ring is 1. The SMILES string of the molecule is COc1ccc(CNc2ncnc(N)c2Cl)cc1OC(F)F. The molecule has 3 N–H and O–H groups in total. The second-order valence-electron chi connectivity index (χ2n) is 4.14. The molecule has 1 aromatic carbocycles. The molecule has 0 aliphatic carbocycles. The number of halogens is 3. The molecule has 0 amide bonds. The molecule has 0 aliphatic rings. The number of nitrogens with one attached hydrogen (secondary N) is 1.